The maximum absolute atomic E-state index is 12.4. The Bertz CT molecular complexity index is 1500. The summed E-state index contributed by atoms with van der Waals surface area (Å²) in [5.74, 6) is 1.59. The molecule has 1 fully saturated rings. The number of piperidine rings is 1. The molecule has 0 spiro atoms. The number of ether oxygens (including phenoxy) is 1. The first-order valence-electron chi connectivity index (χ1n) is 13.7. The zero-order valence-corrected chi connectivity index (χ0v) is 24.8. The minimum absolute atomic E-state index is 0.0711. The molecule has 0 bridgehead atoms. The number of carbonyl (C=O) groups is 1. The highest BCUT2D eigenvalue weighted by atomic mass is 32.2. The molecule has 2 aliphatic heterocycles. The van der Waals surface area contributed by atoms with E-state index in [-0.39, 0.29) is 17.6 Å². The summed E-state index contributed by atoms with van der Waals surface area (Å²) in [6, 6.07) is 6.58. The maximum atomic E-state index is 12.4. The molecule has 220 valence electrons. The number of nitrogens with one attached hydrogen (secondary N) is 1. The van der Waals surface area contributed by atoms with Crippen molar-refractivity contribution in [1.82, 2.24) is 15.0 Å². The van der Waals surface area contributed by atoms with Crippen LogP contribution in [0.2, 0.25) is 0 Å². The Hall–Kier alpha value is -3.33. The molecule has 0 saturated carbocycles. The molecule has 2 aliphatic rings. The SMILES string of the molecule is CCOC(=O)c1sc(Nc2nc(N3CCC(O)CC3)c3c(n2)N(Cc2ccc(S(N)(=O)=O)cc2)CCCC3)nc1C. The van der Waals surface area contributed by atoms with E-state index in [0.29, 0.717) is 54.1 Å². The number of aliphatic hydroxyl groups is 1. The van der Waals surface area contributed by atoms with Crippen molar-refractivity contribution >= 4 is 50.0 Å². The van der Waals surface area contributed by atoms with Crippen LogP contribution in [0, 0.1) is 6.92 Å². The quantitative estimate of drug-likeness (QED) is 0.325. The number of fused-ring (bicyclic) bond motifs is 1. The Morgan fingerprint density at radius 1 is 1.12 bits per heavy atom. The van der Waals surface area contributed by atoms with Crippen LogP contribution >= 0.6 is 11.3 Å². The van der Waals surface area contributed by atoms with Gasteiger partial charge in [-0.15, -0.1) is 0 Å². The molecule has 4 heterocycles. The lowest BCUT2D eigenvalue weighted by Crippen LogP contribution is -2.37. The summed E-state index contributed by atoms with van der Waals surface area (Å²) in [7, 11) is -3.77. The molecule has 0 unspecified atom stereocenters. The standard InChI is InChI=1S/C27H35N7O5S2/c1-3-39-25(36)22-17(2)29-27(40-22)32-26-30-23(33-14-11-19(35)12-15-33)21-6-4-5-13-34(24(21)31-26)16-18-7-9-20(10-8-18)41(28,37)38/h7-10,19,35H,3-6,11-16H2,1-2H3,(H2,28,37,38)(H,29,30,31,32). The number of anilines is 4. The Morgan fingerprint density at radius 3 is 2.51 bits per heavy atom. The Kier molecular flexibility index (Phi) is 8.73. The molecular weight excluding hydrogens is 566 g/mol. The lowest BCUT2D eigenvalue weighted by molar-refractivity contribution is 0.0531. The van der Waals surface area contributed by atoms with Gasteiger partial charge in [0, 0.05) is 31.7 Å². The summed E-state index contributed by atoms with van der Waals surface area (Å²) >= 11 is 1.20. The fourth-order valence-corrected chi connectivity index (χ4v) is 6.51. The highest BCUT2D eigenvalue weighted by Gasteiger charge is 2.28. The Balaban J connectivity index is 1.51. The minimum atomic E-state index is -3.77. The second kappa shape index (κ2) is 12.3. The van der Waals surface area contributed by atoms with E-state index in [1.807, 2.05) is 0 Å². The number of aryl methyl sites for hydroxylation is 1. The van der Waals surface area contributed by atoms with Gasteiger partial charge in [0.2, 0.25) is 16.0 Å². The van der Waals surface area contributed by atoms with E-state index in [1.54, 1.807) is 26.0 Å². The topological polar surface area (TPSA) is 164 Å². The first-order chi connectivity index (χ1) is 19.6. The summed E-state index contributed by atoms with van der Waals surface area (Å²) in [4.78, 5) is 31.7. The van der Waals surface area contributed by atoms with Gasteiger partial charge in [0.05, 0.1) is 23.3 Å². The smallest absolute Gasteiger partial charge is 0.350 e. The van der Waals surface area contributed by atoms with E-state index in [2.05, 4.69) is 20.1 Å². The number of sulfonamides is 1. The first-order valence-corrected chi connectivity index (χ1v) is 16.1. The van der Waals surface area contributed by atoms with E-state index in [9.17, 15) is 18.3 Å². The number of aromatic nitrogens is 3. The van der Waals surface area contributed by atoms with Crippen molar-refractivity contribution in [3.05, 3.63) is 46.0 Å². The summed E-state index contributed by atoms with van der Waals surface area (Å²) in [5.41, 5.74) is 2.55. The van der Waals surface area contributed by atoms with Crippen molar-refractivity contribution in [3.63, 3.8) is 0 Å². The van der Waals surface area contributed by atoms with Crippen molar-refractivity contribution in [1.29, 1.82) is 0 Å². The van der Waals surface area contributed by atoms with Gasteiger partial charge in [-0.05, 0) is 63.6 Å². The van der Waals surface area contributed by atoms with Crippen LogP contribution in [0.15, 0.2) is 29.2 Å². The number of benzene rings is 1. The van der Waals surface area contributed by atoms with Gasteiger partial charge in [0.25, 0.3) is 0 Å². The van der Waals surface area contributed by atoms with Gasteiger partial charge in [-0.2, -0.15) is 9.97 Å². The number of thiazole rings is 1. The van der Waals surface area contributed by atoms with Crippen molar-refractivity contribution < 1.29 is 23.1 Å². The predicted octanol–water partition coefficient (Wildman–Crippen LogP) is 3.11. The highest BCUT2D eigenvalue weighted by molar-refractivity contribution is 7.89. The van der Waals surface area contributed by atoms with Gasteiger partial charge < -0.3 is 19.6 Å². The minimum Gasteiger partial charge on any atom is -0.462 e. The van der Waals surface area contributed by atoms with Gasteiger partial charge in [0.1, 0.15) is 16.5 Å². The molecule has 0 atom stereocenters. The van der Waals surface area contributed by atoms with Gasteiger partial charge in [-0.3, -0.25) is 5.32 Å². The van der Waals surface area contributed by atoms with Crippen LogP contribution in [0.4, 0.5) is 22.7 Å². The number of hydrogen-bond donors (Lipinski definition) is 3. The molecule has 14 heteroatoms. The van der Waals surface area contributed by atoms with E-state index in [1.165, 1.54) is 23.5 Å². The Labute approximate surface area is 243 Å². The number of nitrogens with two attached hydrogens (primary N) is 1. The average Bonchev–Trinajstić information content (AvgIpc) is 3.18. The van der Waals surface area contributed by atoms with Gasteiger partial charge in [-0.1, -0.05) is 23.5 Å². The summed E-state index contributed by atoms with van der Waals surface area (Å²) in [6.07, 6.45) is 3.75. The number of carbonyl (C=O) groups excluding carboxylic acids is 1. The van der Waals surface area contributed by atoms with Crippen LogP contribution in [0.3, 0.4) is 0 Å². The van der Waals surface area contributed by atoms with Crippen LogP contribution in [-0.4, -0.2) is 66.8 Å². The van der Waals surface area contributed by atoms with E-state index in [4.69, 9.17) is 19.8 Å². The maximum Gasteiger partial charge on any atom is 0.350 e. The average molecular weight is 602 g/mol. The molecule has 4 N–H and O–H groups in total. The van der Waals surface area contributed by atoms with Crippen LogP contribution in [0.5, 0.6) is 0 Å². The van der Waals surface area contributed by atoms with Crippen LogP contribution in [-0.2, 0) is 27.7 Å². The lowest BCUT2D eigenvalue weighted by atomic mass is 10.1. The molecule has 1 aromatic carbocycles. The summed E-state index contributed by atoms with van der Waals surface area (Å²) < 4.78 is 28.6. The summed E-state index contributed by atoms with van der Waals surface area (Å²) in [6.45, 7) is 6.46. The number of hydrogen-bond acceptors (Lipinski definition) is 12. The fourth-order valence-electron chi connectivity index (χ4n) is 5.14. The monoisotopic (exact) mass is 601 g/mol. The number of primary sulfonamides is 1. The molecule has 41 heavy (non-hydrogen) atoms. The van der Waals surface area contributed by atoms with Crippen molar-refractivity contribution in [2.75, 3.05) is 41.4 Å². The molecular formula is C27H35N7O5S2. The Morgan fingerprint density at radius 2 is 1.83 bits per heavy atom. The molecule has 3 aromatic rings. The van der Waals surface area contributed by atoms with E-state index in [0.717, 1.165) is 48.6 Å². The van der Waals surface area contributed by atoms with Gasteiger partial charge in [-0.25, -0.2) is 23.3 Å². The fraction of sp³-hybridized carbons (Fsp3) is 0.481. The molecule has 12 nitrogen and oxygen atoms in total. The number of esters is 1. The number of nitrogens with zero attached hydrogens (tertiary/aromatic N) is 5. The first kappa shape index (κ1) is 29.2. The van der Waals surface area contributed by atoms with Gasteiger partial charge in [0.15, 0.2) is 5.13 Å². The van der Waals surface area contributed by atoms with Crippen molar-refractivity contribution in [2.45, 2.75) is 63.5 Å². The van der Waals surface area contributed by atoms with Gasteiger partial charge >= 0.3 is 5.97 Å². The number of aliphatic hydroxyl groups excluding tert-OH is 1. The van der Waals surface area contributed by atoms with Crippen LogP contribution in [0.25, 0.3) is 0 Å². The third-order valence-electron chi connectivity index (χ3n) is 7.23. The largest absolute Gasteiger partial charge is 0.462 e. The lowest BCUT2D eigenvalue weighted by Gasteiger charge is -2.33. The summed E-state index contributed by atoms with van der Waals surface area (Å²) in [5, 5.41) is 19.1. The normalized spacial score (nSPS) is 16.3. The molecule has 2 aromatic heterocycles. The van der Waals surface area contributed by atoms with E-state index < -0.39 is 16.0 Å². The molecule has 5 rings (SSSR count). The molecule has 0 radical (unpaired) electrons. The third-order valence-corrected chi connectivity index (χ3v) is 9.22. The van der Waals surface area contributed by atoms with E-state index >= 15 is 0 Å². The molecule has 1 saturated heterocycles. The van der Waals surface area contributed by atoms with Crippen molar-refractivity contribution in [2.24, 2.45) is 5.14 Å². The van der Waals surface area contributed by atoms with Crippen molar-refractivity contribution in [3.8, 4) is 0 Å². The zero-order chi connectivity index (χ0) is 29.1. The molecule has 0 aliphatic carbocycles. The zero-order valence-electron chi connectivity index (χ0n) is 23.2. The second-order valence-electron chi connectivity index (χ2n) is 10.2. The van der Waals surface area contributed by atoms with Crippen LogP contribution < -0.4 is 20.3 Å². The highest BCUT2D eigenvalue weighted by Crippen LogP contribution is 2.36. The molecule has 0 amide bonds. The number of rotatable bonds is 8. The van der Waals surface area contributed by atoms with Crippen LogP contribution in [0.1, 0.15) is 59.1 Å². The third kappa shape index (κ3) is 6.77. The second-order valence-corrected chi connectivity index (χ2v) is 12.8. The predicted molar refractivity (Wildman–Crippen MR) is 157 cm³/mol.